The Morgan fingerprint density at radius 3 is 2.60 bits per heavy atom. The monoisotopic (exact) mass is 292 g/mol. The molecule has 0 atom stereocenters. The van der Waals surface area contributed by atoms with Crippen molar-refractivity contribution in [3.63, 3.8) is 0 Å². The zero-order valence-electron chi connectivity index (χ0n) is 12.1. The number of nitrogens with zero attached hydrogens (tertiary/aromatic N) is 2. The number of fused-ring (bicyclic) bond motifs is 1. The van der Waals surface area contributed by atoms with E-state index in [2.05, 4.69) is 28.9 Å². The maximum atomic E-state index is 6.00. The van der Waals surface area contributed by atoms with Gasteiger partial charge in [-0.15, -0.1) is 11.6 Å². The standard InChI is InChI=1S/C16H21ClN2O/c1-3-19(9-10-20-4-2)16-15-8-6-5-7-14(15)13(11-17)12-18-16/h5-8,12H,3-4,9-11H2,1-2H3. The Hall–Kier alpha value is -1.32. The van der Waals surface area contributed by atoms with Crippen molar-refractivity contribution in [2.75, 3.05) is 31.2 Å². The lowest BCUT2D eigenvalue weighted by Gasteiger charge is -2.23. The highest BCUT2D eigenvalue weighted by atomic mass is 35.5. The molecule has 0 saturated carbocycles. The van der Waals surface area contributed by atoms with Crippen LogP contribution in [0.1, 0.15) is 19.4 Å². The van der Waals surface area contributed by atoms with Crippen LogP contribution in [-0.4, -0.2) is 31.3 Å². The number of hydrogen-bond acceptors (Lipinski definition) is 3. The molecule has 0 radical (unpaired) electrons. The van der Waals surface area contributed by atoms with Crippen LogP contribution in [0.4, 0.5) is 5.82 Å². The van der Waals surface area contributed by atoms with Crippen LogP contribution < -0.4 is 4.90 Å². The van der Waals surface area contributed by atoms with Crippen LogP contribution in [0.3, 0.4) is 0 Å². The lowest BCUT2D eigenvalue weighted by Crippen LogP contribution is -2.28. The highest BCUT2D eigenvalue weighted by molar-refractivity contribution is 6.18. The van der Waals surface area contributed by atoms with E-state index < -0.39 is 0 Å². The van der Waals surface area contributed by atoms with E-state index >= 15 is 0 Å². The Kier molecular flexibility index (Phi) is 5.62. The third-order valence-corrected chi connectivity index (χ3v) is 3.68. The molecule has 0 unspecified atom stereocenters. The van der Waals surface area contributed by atoms with E-state index in [1.807, 2.05) is 25.3 Å². The normalized spacial score (nSPS) is 10.9. The topological polar surface area (TPSA) is 25.4 Å². The Morgan fingerprint density at radius 1 is 1.20 bits per heavy atom. The second-order valence-corrected chi connectivity index (χ2v) is 4.83. The molecule has 1 heterocycles. The van der Waals surface area contributed by atoms with Gasteiger partial charge in [0.25, 0.3) is 0 Å². The van der Waals surface area contributed by atoms with Crippen LogP contribution in [-0.2, 0) is 10.6 Å². The lowest BCUT2D eigenvalue weighted by atomic mass is 10.1. The van der Waals surface area contributed by atoms with E-state index in [0.29, 0.717) is 5.88 Å². The minimum atomic E-state index is 0.485. The summed E-state index contributed by atoms with van der Waals surface area (Å²) < 4.78 is 5.45. The molecule has 1 aromatic carbocycles. The van der Waals surface area contributed by atoms with Gasteiger partial charge in [-0.25, -0.2) is 4.98 Å². The van der Waals surface area contributed by atoms with Crippen LogP contribution >= 0.6 is 11.6 Å². The number of aromatic nitrogens is 1. The van der Waals surface area contributed by atoms with E-state index in [9.17, 15) is 0 Å². The zero-order valence-corrected chi connectivity index (χ0v) is 12.9. The number of ether oxygens (including phenoxy) is 1. The van der Waals surface area contributed by atoms with E-state index in [1.54, 1.807) is 0 Å². The van der Waals surface area contributed by atoms with Crippen molar-refractivity contribution < 1.29 is 4.74 Å². The van der Waals surface area contributed by atoms with Gasteiger partial charge in [0.05, 0.1) is 6.61 Å². The highest BCUT2D eigenvalue weighted by Gasteiger charge is 2.12. The van der Waals surface area contributed by atoms with Gasteiger partial charge >= 0.3 is 0 Å². The molecule has 0 saturated heterocycles. The van der Waals surface area contributed by atoms with Crippen molar-refractivity contribution in [3.05, 3.63) is 36.0 Å². The van der Waals surface area contributed by atoms with Gasteiger partial charge in [0.15, 0.2) is 0 Å². The molecule has 0 bridgehead atoms. The van der Waals surface area contributed by atoms with Crippen molar-refractivity contribution in [2.45, 2.75) is 19.7 Å². The van der Waals surface area contributed by atoms with Crippen LogP contribution in [0.2, 0.25) is 0 Å². The van der Waals surface area contributed by atoms with Crippen molar-refractivity contribution in [3.8, 4) is 0 Å². The molecule has 0 aliphatic rings. The summed E-state index contributed by atoms with van der Waals surface area (Å²) in [5.41, 5.74) is 1.08. The Balaban J connectivity index is 2.37. The van der Waals surface area contributed by atoms with Gasteiger partial charge in [-0.05, 0) is 24.8 Å². The SMILES string of the molecule is CCOCCN(CC)c1ncc(CCl)c2ccccc12. The molecule has 1 aromatic heterocycles. The van der Waals surface area contributed by atoms with Gasteiger partial charge in [-0.1, -0.05) is 24.3 Å². The van der Waals surface area contributed by atoms with Crippen LogP contribution in [0.25, 0.3) is 10.8 Å². The van der Waals surface area contributed by atoms with Gasteiger partial charge in [-0.2, -0.15) is 0 Å². The number of halogens is 1. The average Bonchev–Trinajstić information content (AvgIpc) is 2.51. The fraction of sp³-hybridized carbons (Fsp3) is 0.438. The first-order valence-corrected chi connectivity index (χ1v) is 7.60. The first-order valence-electron chi connectivity index (χ1n) is 7.07. The van der Waals surface area contributed by atoms with E-state index in [1.165, 1.54) is 5.39 Å². The molecule has 0 fully saturated rings. The minimum Gasteiger partial charge on any atom is -0.380 e. The molecule has 3 nitrogen and oxygen atoms in total. The van der Waals surface area contributed by atoms with E-state index in [0.717, 1.165) is 43.1 Å². The number of rotatable bonds is 7. The average molecular weight is 293 g/mol. The molecule has 0 aliphatic carbocycles. The summed E-state index contributed by atoms with van der Waals surface area (Å²) in [5, 5.41) is 2.34. The molecular formula is C16H21ClN2O. The smallest absolute Gasteiger partial charge is 0.136 e. The molecule has 2 rings (SSSR count). The zero-order chi connectivity index (χ0) is 14.4. The third kappa shape index (κ3) is 3.22. The van der Waals surface area contributed by atoms with Crippen LogP contribution in [0.5, 0.6) is 0 Å². The molecule has 0 aliphatic heterocycles. The molecule has 0 spiro atoms. The molecule has 4 heteroatoms. The number of hydrogen-bond donors (Lipinski definition) is 0. The van der Waals surface area contributed by atoms with Gasteiger partial charge in [0.2, 0.25) is 0 Å². The summed E-state index contributed by atoms with van der Waals surface area (Å²) in [6.45, 7) is 7.37. The van der Waals surface area contributed by atoms with Crippen molar-refractivity contribution >= 4 is 28.2 Å². The van der Waals surface area contributed by atoms with Gasteiger partial charge in [-0.3, -0.25) is 0 Å². The molecule has 20 heavy (non-hydrogen) atoms. The van der Waals surface area contributed by atoms with Crippen LogP contribution in [0, 0.1) is 0 Å². The number of alkyl halides is 1. The first-order chi connectivity index (χ1) is 9.81. The van der Waals surface area contributed by atoms with Crippen molar-refractivity contribution in [2.24, 2.45) is 0 Å². The Morgan fingerprint density at radius 2 is 1.95 bits per heavy atom. The molecular weight excluding hydrogens is 272 g/mol. The summed E-state index contributed by atoms with van der Waals surface area (Å²) >= 11 is 6.00. The van der Waals surface area contributed by atoms with E-state index in [-0.39, 0.29) is 0 Å². The van der Waals surface area contributed by atoms with Crippen molar-refractivity contribution in [1.29, 1.82) is 0 Å². The quantitative estimate of drug-likeness (QED) is 0.573. The summed E-state index contributed by atoms with van der Waals surface area (Å²) in [6, 6.07) is 8.30. The maximum absolute atomic E-state index is 6.00. The summed E-state index contributed by atoms with van der Waals surface area (Å²) in [7, 11) is 0. The predicted octanol–water partition coefficient (Wildman–Crippen LogP) is 3.84. The fourth-order valence-corrected chi connectivity index (χ4v) is 2.54. The largest absolute Gasteiger partial charge is 0.380 e. The highest BCUT2D eigenvalue weighted by Crippen LogP contribution is 2.27. The van der Waals surface area contributed by atoms with Crippen LogP contribution in [0.15, 0.2) is 30.5 Å². The maximum Gasteiger partial charge on any atom is 0.136 e. The summed E-state index contributed by atoms with van der Waals surface area (Å²) in [6.07, 6.45) is 1.88. The van der Waals surface area contributed by atoms with Gasteiger partial charge < -0.3 is 9.64 Å². The number of anilines is 1. The fourth-order valence-electron chi connectivity index (χ4n) is 2.33. The Bertz CT molecular complexity index is 559. The second-order valence-electron chi connectivity index (χ2n) is 4.56. The molecule has 0 amide bonds. The van der Waals surface area contributed by atoms with Gasteiger partial charge in [0, 0.05) is 37.2 Å². The molecule has 108 valence electrons. The summed E-state index contributed by atoms with van der Waals surface area (Å²) in [5.74, 6) is 1.50. The first kappa shape index (κ1) is 15.1. The Labute approximate surface area is 125 Å². The lowest BCUT2D eigenvalue weighted by molar-refractivity contribution is 0.154. The number of benzene rings is 1. The number of likely N-dealkylation sites (N-methyl/N-ethyl adjacent to an activating group) is 1. The molecule has 2 aromatic rings. The molecule has 0 N–H and O–H groups in total. The second kappa shape index (κ2) is 7.46. The third-order valence-electron chi connectivity index (χ3n) is 3.39. The summed E-state index contributed by atoms with van der Waals surface area (Å²) in [4.78, 5) is 6.86. The number of pyridine rings is 1. The predicted molar refractivity (Wildman–Crippen MR) is 85.7 cm³/mol. The minimum absolute atomic E-state index is 0.485. The van der Waals surface area contributed by atoms with Crippen molar-refractivity contribution in [1.82, 2.24) is 4.98 Å². The van der Waals surface area contributed by atoms with Gasteiger partial charge in [0.1, 0.15) is 5.82 Å². The van der Waals surface area contributed by atoms with E-state index in [4.69, 9.17) is 16.3 Å².